The Balaban J connectivity index is 1.52. The first-order valence-corrected chi connectivity index (χ1v) is 9.90. The van der Waals surface area contributed by atoms with Crippen molar-refractivity contribution in [3.05, 3.63) is 53.3 Å². The Morgan fingerprint density at radius 1 is 1.23 bits per heavy atom. The van der Waals surface area contributed by atoms with Gasteiger partial charge < -0.3 is 10.2 Å². The minimum Gasteiger partial charge on any atom is -0.343 e. The standard InChI is InChI=1S/C18H18N4O2S2/c1-22(2)18(24)14-9-12(7-8-19-14)20-16(23)10-25-11-17-21-13-5-3-4-6-15(13)26-17/h3-9H,10-11H2,1-2H3,(H,19,20,23). The Labute approximate surface area is 159 Å². The lowest BCUT2D eigenvalue weighted by Crippen LogP contribution is -2.23. The summed E-state index contributed by atoms with van der Waals surface area (Å²) in [7, 11) is 3.32. The summed E-state index contributed by atoms with van der Waals surface area (Å²) in [5.74, 6) is 0.680. The van der Waals surface area contributed by atoms with E-state index in [-0.39, 0.29) is 11.8 Å². The second kappa shape index (κ2) is 8.29. The third-order valence-electron chi connectivity index (χ3n) is 3.47. The average molecular weight is 387 g/mol. The van der Waals surface area contributed by atoms with E-state index in [0.29, 0.717) is 22.9 Å². The Hall–Kier alpha value is -2.45. The van der Waals surface area contributed by atoms with Crippen LogP contribution in [0.4, 0.5) is 5.69 Å². The van der Waals surface area contributed by atoms with Crippen LogP contribution in [0.15, 0.2) is 42.6 Å². The molecule has 3 rings (SSSR count). The first kappa shape index (κ1) is 18.3. The fourth-order valence-corrected chi connectivity index (χ4v) is 4.11. The lowest BCUT2D eigenvalue weighted by molar-refractivity contribution is -0.113. The SMILES string of the molecule is CN(C)C(=O)c1cc(NC(=O)CSCc2nc3ccccc3s2)ccn1. The van der Waals surface area contributed by atoms with Crippen molar-refractivity contribution in [1.29, 1.82) is 0 Å². The van der Waals surface area contributed by atoms with E-state index >= 15 is 0 Å². The molecule has 0 fully saturated rings. The highest BCUT2D eigenvalue weighted by Gasteiger charge is 2.11. The third kappa shape index (κ3) is 4.59. The van der Waals surface area contributed by atoms with Gasteiger partial charge in [0, 0.05) is 31.7 Å². The second-order valence-electron chi connectivity index (χ2n) is 5.75. The van der Waals surface area contributed by atoms with Gasteiger partial charge in [0.2, 0.25) is 5.91 Å². The van der Waals surface area contributed by atoms with Gasteiger partial charge in [0.1, 0.15) is 10.7 Å². The van der Waals surface area contributed by atoms with Gasteiger partial charge >= 0.3 is 0 Å². The number of anilines is 1. The van der Waals surface area contributed by atoms with Crippen molar-refractivity contribution in [3.8, 4) is 0 Å². The van der Waals surface area contributed by atoms with Gasteiger partial charge in [-0.15, -0.1) is 23.1 Å². The fourth-order valence-electron chi connectivity index (χ4n) is 2.26. The summed E-state index contributed by atoms with van der Waals surface area (Å²) in [6, 6.07) is 11.2. The molecule has 0 unspecified atom stereocenters. The molecule has 0 bridgehead atoms. The largest absolute Gasteiger partial charge is 0.343 e. The summed E-state index contributed by atoms with van der Waals surface area (Å²) >= 11 is 3.16. The van der Waals surface area contributed by atoms with Crippen molar-refractivity contribution >= 4 is 50.8 Å². The van der Waals surface area contributed by atoms with Crippen molar-refractivity contribution in [2.75, 3.05) is 25.2 Å². The minimum absolute atomic E-state index is 0.120. The lowest BCUT2D eigenvalue weighted by Gasteiger charge is -2.10. The Bertz CT molecular complexity index is 907. The van der Waals surface area contributed by atoms with Crippen molar-refractivity contribution < 1.29 is 9.59 Å². The number of thioether (sulfide) groups is 1. The predicted octanol–water partition coefficient (Wildman–Crippen LogP) is 3.27. The number of rotatable bonds is 6. The molecule has 134 valence electrons. The van der Waals surface area contributed by atoms with Crippen molar-refractivity contribution in [3.63, 3.8) is 0 Å². The molecule has 2 aromatic heterocycles. The summed E-state index contributed by atoms with van der Waals surface area (Å²) in [5.41, 5.74) is 1.86. The zero-order valence-corrected chi connectivity index (χ0v) is 16.1. The molecular weight excluding hydrogens is 368 g/mol. The van der Waals surface area contributed by atoms with Crippen LogP contribution in [-0.4, -0.2) is 46.5 Å². The number of carbonyl (C=O) groups is 2. The van der Waals surface area contributed by atoms with Crippen LogP contribution >= 0.6 is 23.1 Å². The second-order valence-corrected chi connectivity index (χ2v) is 7.85. The van der Waals surface area contributed by atoms with Crippen molar-refractivity contribution in [1.82, 2.24) is 14.9 Å². The number of amides is 2. The molecule has 0 aliphatic carbocycles. The molecule has 8 heteroatoms. The highest BCUT2D eigenvalue weighted by Crippen LogP contribution is 2.24. The number of hydrogen-bond donors (Lipinski definition) is 1. The van der Waals surface area contributed by atoms with Crippen LogP contribution in [0.2, 0.25) is 0 Å². The molecule has 0 saturated heterocycles. The minimum atomic E-state index is -0.202. The number of pyridine rings is 1. The number of hydrogen-bond acceptors (Lipinski definition) is 6. The van der Waals surface area contributed by atoms with Gasteiger partial charge in [-0.3, -0.25) is 14.6 Å². The highest BCUT2D eigenvalue weighted by atomic mass is 32.2. The van der Waals surface area contributed by atoms with E-state index in [2.05, 4.69) is 15.3 Å². The number of benzene rings is 1. The highest BCUT2D eigenvalue weighted by molar-refractivity contribution is 7.99. The van der Waals surface area contributed by atoms with Gasteiger partial charge in [-0.2, -0.15) is 0 Å². The molecule has 0 atom stereocenters. The Kier molecular flexibility index (Phi) is 5.85. The van der Waals surface area contributed by atoms with Crippen LogP contribution in [0.3, 0.4) is 0 Å². The number of fused-ring (bicyclic) bond motifs is 1. The maximum absolute atomic E-state index is 12.1. The lowest BCUT2D eigenvalue weighted by atomic mass is 10.3. The molecule has 3 aromatic rings. The molecular formula is C18H18N4O2S2. The predicted molar refractivity (Wildman–Crippen MR) is 107 cm³/mol. The topological polar surface area (TPSA) is 75.2 Å². The summed E-state index contributed by atoms with van der Waals surface area (Å²) in [4.78, 5) is 34.1. The van der Waals surface area contributed by atoms with Crippen LogP contribution in [0.25, 0.3) is 10.2 Å². The molecule has 0 radical (unpaired) electrons. The number of thiazole rings is 1. The molecule has 1 N–H and O–H groups in total. The normalized spacial score (nSPS) is 10.7. The van der Waals surface area contributed by atoms with E-state index in [9.17, 15) is 9.59 Å². The summed E-state index contributed by atoms with van der Waals surface area (Å²) < 4.78 is 1.16. The van der Waals surface area contributed by atoms with Gasteiger partial charge in [-0.05, 0) is 24.3 Å². The van der Waals surface area contributed by atoms with Crippen LogP contribution in [-0.2, 0) is 10.5 Å². The monoisotopic (exact) mass is 386 g/mol. The number of para-hydroxylation sites is 1. The van der Waals surface area contributed by atoms with Crippen LogP contribution < -0.4 is 5.32 Å². The maximum atomic E-state index is 12.1. The number of carbonyl (C=O) groups excluding carboxylic acids is 2. The molecule has 6 nitrogen and oxygen atoms in total. The van der Waals surface area contributed by atoms with Gasteiger partial charge in [0.15, 0.2) is 0 Å². The molecule has 26 heavy (non-hydrogen) atoms. The van der Waals surface area contributed by atoms with Gasteiger partial charge in [0.25, 0.3) is 5.91 Å². The summed E-state index contributed by atoms with van der Waals surface area (Å²) in [5, 5.41) is 3.81. The molecule has 0 aliphatic heterocycles. The Morgan fingerprint density at radius 2 is 2.04 bits per heavy atom. The molecule has 2 amide bonds. The van der Waals surface area contributed by atoms with E-state index in [0.717, 1.165) is 15.2 Å². The third-order valence-corrected chi connectivity index (χ3v) is 5.63. The van der Waals surface area contributed by atoms with Crippen LogP contribution in [0.1, 0.15) is 15.5 Å². The molecule has 1 aromatic carbocycles. The van der Waals surface area contributed by atoms with E-state index < -0.39 is 0 Å². The van der Waals surface area contributed by atoms with Crippen LogP contribution in [0, 0.1) is 0 Å². The molecule has 0 spiro atoms. The van der Waals surface area contributed by atoms with E-state index in [4.69, 9.17) is 0 Å². The van der Waals surface area contributed by atoms with E-state index in [1.165, 1.54) is 22.9 Å². The Morgan fingerprint density at radius 3 is 2.81 bits per heavy atom. The van der Waals surface area contributed by atoms with Gasteiger partial charge in [0.05, 0.1) is 16.0 Å². The van der Waals surface area contributed by atoms with Crippen LogP contribution in [0.5, 0.6) is 0 Å². The van der Waals surface area contributed by atoms with E-state index in [1.807, 2.05) is 24.3 Å². The number of aromatic nitrogens is 2. The maximum Gasteiger partial charge on any atom is 0.272 e. The quantitative estimate of drug-likeness (QED) is 0.704. The zero-order chi connectivity index (χ0) is 18.5. The smallest absolute Gasteiger partial charge is 0.272 e. The first-order chi connectivity index (χ1) is 12.5. The van der Waals surface area contributed by atoms with Crippen molar-refractivity contribution in [2.24, 2.45) is 0 Å². The number of nitrogens with one attached hydrogen (secondary N) is 1. The number of nitrogens with zero attached hydrogens (tertiary/aromatic N) is 3. The molecule has 0 aliphatic rings. The van der Waals surface area contributed by atoms with E-state index in [1.54, 1.807) is 37.6 Å². The summed E-state index contributed by atoms with van der Waals surface area (Å²) in [6.07, 6.45) is 1.51. The van der Waals surface area contributed by atoms with Gasteiger partial charge in [-0.1, -0.05) is 12.1 Å². The fraction of sp³-hybridized carbons (Fsp3) is 0.222. The molecule has 0 saturated carbocycles. The first-order valence-electron chi connectivity index (χ1n) is 7.92. The van der Waals surface area contributed by atoms with Crippen molar-refractivity contribution in [2.45, 2.75) is 5.75 Å². The van der Waals surface area contributed by atoms with Gasteiger partial charge in [-0.25, -0.2) is 4.98 Å². The molecule has 2 heterocycles. The average Bonchev–Trinajstić information content (AvgIpc) is 3.04. The zero-order valence-electron chi connectivity index (χ0n) is 14.4. The summed E-state index contributed by atoms with van der Waals surface area (Å²) in [6.45, 7) is 0.